The van der Waals surface area contributed by atoms with E-state index in [2.05, 4.69) is 10.7 Å². The van der Waals surface area contributed by atoms with Crippen molar-refractivity contribution in [2.45, 2.75) is 73.5 Å². The van der Waals surface area contributed by atoms with Crippen LogP contribution in [0.4, 0.5) is 4.79 Å². The number of benzene rings is 1. The Morgan fingerprint density at radius 1 is 0.917 bits per heavy atom. The molecule has 0 aromatic heterocycles. The molecular formula is C27H41N3O6. The van der Waals surface area contributed by atoms with Crippen molar-refractivity contribution in [3.05, 3.63) is 35.9 Å². The summed E-state index contributed by atoms with van der Waals surface area (Å²) in [7, 11) is 0. The maximum atomic E-state index is 13.3. The first kappa shape index (κ1) is 30.8. The molecule has 0 saturated carbocycles. The van der Waals surface area contributed by atoms with Crippen molar-refractivity contribution in [2.75, 3.05) is 6.54 Å². The predicted molar refractivity (Wildman–Crippen MR) is 136 cm³/mol. The largest absolute Gasteiger partial charge is 0.445 e. The van der Waals surface area contributed by atoms with Crippen LogP contribution in [0.2, 0.25) is 0 Å². The van der Waals surface area contributed by atoms with Gasteiger partial charge in [0.15, 0.2) is 5.78 Å². The average Bonchev–Trinajstić information content (AvgIpc) is 2.80. The first-order valence-electron chi connectivity index (χ1n) is 12.5. The van der Waals surface area contributed by atoms with Gasteiger partial charge in [0.05, 0.1) is 6.04 Å². The quantitative estimate of drug-likeness (QED) is 0.227. The summed E-state index contributed by atoms with van der Waals surface area (Å²) in [6.07, 6.45) is 0.107. The van der Waals surface area contributed by atoms with E-state index in [0.29, 0.717) is 12.8 Å². The Kier molecular flexibility index (Phi) is 13.4. The standard InChI is InChI=1S/C27H41N3O6/c1-18(2)12-22(26(34)29-30(15-20(5)6)25(33)16-31)14-24(32)23(13-19(3)4)28-27(35)36-17-21-10-8-7-9-11-21/h7-11,16,18-20,22-23H,12-15,17H2,1-6H3,(H,28,35)(H,29,34)/t22-,23+/m1/s1. The molecule has 0 saturated heterocycles. The van der Waals surface area contributed by atoms with E-state index >= 15 is 0 Å². The molecule has 0 aliphatic rings. The van der Waals surface area contributed by atoms with Crippen LogP contribution in [-0.4, -0.2) is 47.6 Å². The smallest absolute Gasteiger partial charge is 0.408 e. The number of hydrazine groups is 1. The number of hydrogen-bond donors (Lipinski definition) is 2. The van der Waals surface area contributed by atoms with Crippen LogP contribution >= 0.6 is 0 Å². The number of amides is 3. The van der Waals surface area contributed by atoms with Gasteiger partial charge in [0, 0.05) is 18.9 Å². The van der Waals surface area contributed by atoms with Crippen molar-refractivity contribution in [3.63, 3.8) is 0 Å². The fourth-order valence-electron chi connectivity index (χ4n) is 3.73. The summed E-state index contributed by atoms with van der Waals surface area (Å²) in [6, 6.07) is 8.38. The van der Waals surface area contributed by atoms with E-state index in [1.807, 2.05) is 71.9 Å². The minimum atomic E-state index is -0.854. The van der Waals surface area contributed by atoms with E-state index in [0.717, 1.165) is 10.6 Å². The topological polar surface area (TPSA) is 122 Å². The molecule has 2 atom stereocenters. The van der Waals surface area contributed by atoms with Crippen molar-refractivity contribution in [3.8, 4) is 0 Å². The lowest BCUT2D eigenvalue weighted by Gasteiger charge is -2.27. The van der Waals surface area contributed by atoms with Crippen molar-refractivity contribution < 1.29 is 28.7 Å². The lowest BCUT2D eigenvalue weighted by Crippen LogP contribution is -2.51. The molecule has 0 fully saturated rings. The molecule has 0 bridgehead atoms. The van der Waals surface area contributed by atoms with Gasteiger partial charge in [-0.15, -0.1) is 0 Å². The van der Waals surface area contributed by atoms with Crippen LogP contribution in [-0.2, 0) is 30.5 Å². The number of nitrogens with one attached hydrogen (secondary N) is 2. The van der Waals surface area contributed by atoms with E-state index in [9.17, 15) is 24.0 Å². The van der Waals surface area contributed by atoms with Crippen LogP contribution in [0.5, 0.6) is 0 Å². The molecule has 9 nitrogen and oxygen atoms in total. The zero-order valence-corrected chi connectivity index (χ0v) is 22.3. The molecule has 2 N–H and O–H groups in total. The molecule has 9 heteroatoms. The summed E-state index contributed by atoms with van der Waals surface area (Å²) in [5.74, 6) is -2.17. The van der Waals surface area contributed by atoms with Crippen molar-refractivity contribution >= 4 is 30.0 Å². The molecule has 1 rings (SSSR count). The highest BCUT2D eigenvalue weighted by Crippen LogP contribution is 2.19. The van der Waals surface area contributed by atoms with Crippen molar-refractivity contribution in [1.29, 1.82) is 0 Å². The molecular weight excluding hydrogens is 462 g/mol. The van der Waals surface area contributed by atoms with E-state index in [1.165, 1.54) is 0 Å². The fourth-order valence-corrected chi connectivity index (χ4v) is 3.73. The van der Waals surface area contributed by atoms with Gasteiger partial charge in [-0.1, -0.05) is 71.9 Å². The summed E-state index contributed by atoms with van der Waals surface area (Å²) < 4.78 is 5.28. The molecule has 3 amide bonds. The number of Topliss-reactive ketones (excluding diaryl/α,β-unsaturated/α-hetero) is 1. The van der Waals surface area contributed by atoms with E-state index < -0.39 is 29.9 Å². The lowest BCUT2D eigenvalue weighted by atomic mass is 9.88. The number of aldehydes is 1. The second kappa shape index (κ2) is 15.7. The highest BCUT2D eigenvalue weighted by molar-refractivity contribution is 6.23. The average molecular weight is 504 g/mol. The monoisotopic (exact) mass is 503 g/mol. The van der Waals surface area contributed by atoms with Crippen LogP contribution in [0.15, 0.2) is 30.3 Å². The Balaban J connectivity index is 2.92. The molecule has 1 aromatic carbocycles. The van der Waals surface area contributed by atoms with Crippen LogP contribution in [0.1, 0.15) is 66.4 Å². The number of carbonyl (C=O) groups excluding carboxylic acids is 5. The maximum absolute atomic E-state index is 13.3. The Morgan fingerprint density at radius 2 is 1.53 bits per heavy atom. The minimum absolute atomic E-state index is 0.0147. The predicted octanol–water partition coefficient (Wildman–Crippen LogP) is 3.66. The van der Waals surface area contributed by atoms with Crippen LogP contribution in [0.25, 0.3) is 0 Å². The molecule has 0 unspecified atom stereocenters. The number of ketones is 1. The number of nitrogens with zero attached hydrogens (tertiary/aromatic N) is 1. The van der Waals surface area contributed by atoms with Gasteiger partial charge in [0.1, 0.15) is 6.61 Å². The molecule has 0 aliphatic heterocycles. The normalized spacial score (nSPS) is 12.7. The number of hydrogen-bond acceptors (Lipinski definition) is 6. The third-order valence-corrected chi connectivity index (χ3v) is 5.33. The van der Waals surface area contributed by atoms with Crippen LogP contribution in [0.3, 0.4) is 0 Å². The maximum Gasteiger partial charge on any atom is 0.408 e. The Labute approximate surface area is 214 Å². The molecule has 0 radical (unpaired) electrons. The zero-order chi connectivity index (χ0) is 27.3. The van der Waals surface area contributed by atoms with Gasteiger partial charge >= 0.3 is 12.0 Å². The van der Waals surface area contributed by atoms with Crippen molar-refractivity contribution in [1.82, 2.24) is 15.8 Å². The Hall–Kier alpha value is -3.23. The zero-order valence-electron chi connectivity index (χ0n) is 22.3. The SMILES string of the molecule is CC(C)C[C@H](CC(=O)[C@H](CC(C)C)NC(=O)OCc1ccccc1)C(=O)NN(CC(C)C)C(=O)C=O. The van der Waals surface area contributed by atoms with Gasteiger partial charge in [0.25, 0.3) is 0 Å². The van der Waals surface area contributed by atoms with Gasteiger partial charge in [0.2, 0.25) is 12.2 Å². The van der Waals surface area contributed by atoms with E-state index in [4.69, 9.17) is 4.74 Å². The summed E-state index contributed by atoms with van der Waals surface area (Å²) in [5.41, 5.74) is 3.34. The number of carbonyl (C=O) groups is 5. The molecule has 36 heavy (non-hydrogen) atoms. The van der Waals surface area contributed by atoms with Gasteiger partial charge in [-0.3, -0.25) is 24.6 Å². The van der Waals surface area contributed by atoms with Crippen molar-refractivity contribution in [2.24, 2.45) is 23.7 Å². The van der Waals surface area contributed by atoms with Crippen LogP contribution < -0.4 is 10.7 Å². The number of alkyl carbamates (subject to hydrolysis) is 1. The molecule has 0 heterocycles. The molecule has 1 aromatic rings. The first-order chi connectivity index (χ1) is 16.9. The van der Waals surface area contributed by atoms with Gasteiger partial charge in [-0.25, -0.2) is 9.80 Å². The summed E-state index contributed by atoms with van der Waals surface area (Å²) in [6.45, 7) is 11.7. The lowest BCUT2D eigenvalue weighted by molar-refractivity contribution is -0.147. The molecule has 0 aliphatic carbocycles. The van der Waals surface area contributed by atoms with Gasteiger partial charge in [-0.2, -0.15) is 0 Å². The van der Waals surface area contributed by atoms with E-state index in [1.54, 1.807) is 0 Å². The second-order valence-electron chi connectivity index (χ2n) is 10.3. The fraction of sp³-hybridized carbons (Fsp3) is 0.593. The van der Waals surface area contributed by atoms with E-state index in [-0.39, 0.29) is 49.4 Å². The number of rotatable bonds is 14. The van der Waals surface area contributed by atoms with Gasteiger partial charge < -0.3 is 10.1 Å². The van der Waals surface area contributed by atoms with Gasteiger partial charge in [-0.05, 0) is 36.2 Å². The Morgan fingerprint density at radius 3 is 2.06 bits per heavy atom. The first-order valence-corrected chi connectivity index (χ1v) is 12.5. The summed E-state index contributed by atoms with van der Waals surface area (Å²) in [5, 5.41) is 3.65. The minimum Gasteiger partial charge on any atom is -0.445 e. The third-order valence-electron chi connectivity index (χ3n) is 5.33. The molecule has 0 spiro atoms. The number of ether oxygens (including phenoxy) is 1. The van der Waals surface area contributed by atoms with Crippen LogP contribution in [0, 0.1) is 23.7 Å². The Bertz CT molecular complexity index is 870. The highest BCUT2D eigenvalue weighted by Gasteiger charge is 2.30. The second-order valence-corrected chi connectivity index (χ2v) is 10.3. The summed E-state index contributed by atoms with van der Waals surface area (Å²) >= 11 is 0. The summed E-state index contributed by atoms with van der Waals surface area (Å²) in [4.78, 5) is 61.7. The highest BCUT2D eigenvalue weighted by atomic mass is 16.5. The third kappa shape index (κ3) is 12.0. The molecule has 200 valence electrons.